The van der Waals surface area contributed by atoms with Crippen molar-refractivity contribution in [3.8, 4) is 0 Å². The molecular weight excluding hydrogens is 426 g/mol. The summed E-state index contributed by atoms with van der Waals surface area (Å²) in [6, 6.07) is 14.1. The molecular formula is C21H26ClN3O4S. The summed E-state index contributed by atoms with van der Waals surface area (Å²) in [7, 11) is -3.69. The van der Waals surface area contributed by atoms with Gasteiger partial charge in [0.25, 0.3) is 0 Å². The second-order valence-corrected chi connectivity index (χ2v) is 9.29. The van der Waals surface area contributed by atoms with Gasteiger partial charge in [-0.3, -0.25) is 9.69 Å². The molecule has 0 aliphatic carbocycles. The van der Waals surface area contributed by atoms with Gasteiger partial charge in [-0.1, -0.05) is 41.9 Å². The van der Waals surface area contributed by atoms with Crippen LogP contribution in [0, 0.1) is 0 Å². The molecule has 0 saturated carbocycles. The van der Waals surface area contributed by atoms with Crippen LogP contribution >= 0.6 is 11.6 Å². The van der Waals surface area contributed by atoms with Gasteiger partial charge in [-0.25, -0.2) is 13.1 Å². The van der Waals surface area contributed by atoms with Crippen LogP contribution in [-0.2, 0) is 32.6 Å². The Morgan fingerprint density at radius 3 is 2.57 bits per heavy atom. The summed E-state index contributed by atoms with van der Waals surface area (Å²) in [6.45, 7) is 4.64. The normalized spacial score (nSPS) is 15.1. The number of carbonyl (C=O) groups is 1. The fourth-order valence-corrected chi connectivity index (χ4v) is 4.49. The van der Waals surface area contributed by atoms with Crippen LogP contribution in [0.1, 0.15) is 17.5 Å². The van der Waals surface area contributed by atoms with Crippen molar-refractivity contribution in [2.75, 3.05) is 32.8 Å². The predicted molar refractivity (Wildman–Crippen MR) is 116 cm³/mol. The van der Waals surface area contributed by atoms with Gasteiger partial charge in [0.05, 0.1) is 18.1 Å². The third-order valence-corrected chi connectivity index (χ3v) is 6.44. The van der Waals surface area contributed by atoms with E-state index in [-0.39, 0.29) is 23.8 Å². The quantitative estimate of drug-likeness (QED) is 0.610. The highest BCUT2D eigenvalue weighted by atomic mass is 35.5. The van der Waals surface area contributed by atoms with Crippen LogP contribution in [0.4, 0.5) is 0 Å². The first-order chi connectivity index (χ1) is 14.4. The van der Waals surface area contributed by atoms with Crippen molar-refractivity contribution in [1.82, 2.24) is 14.9 Å². The summed E-state index contributed by atoms with van der Waals surface area (Å²) in [5.41, 5.74) is 2.20. The lowest BCUT2D eigenvalue weighted by Gasteiger charge is -2.26. The molecule has 1 aliphatic rings. The van der Waals surface area contributed by atoms with Gasteiger partial charge in [0, 0.05) is 44.2 Å². The maximum Gasteiger partial charge on any atom is 0.240 e. The summed E-state index contributed by atoms with van der Waals surface area (Å²) in [6.07, 6.45) is 0.0489. The van der Waals surface area contributed by atoms with Crippen LogP contribution in [0.2, 0.25) is 5.02 Å². The summed E-state index contributed by atoms with van der Waals surface area (Å²) in [5.74, 6) is -0.220. The third-order valence-electron chi connectivity index (χ3n) is 4.74. The maximum absolute atomic E-state index is 12.2. The van der Waals surface area contributed by atoms with Gasteiger partial charge >= 0.3 is 0 Å². The zero-order valence-corrected chi connectivity index (χ0v) is 18.2. The zero-order valence-electron chi connectivity index (χ0n) is 16.6. The molecule has 9 heteroatoms. The Morgan fingerprint density at radius 1 is 1.07 bits per heavy atom. The highest BCUT2D eigenvalue weighted by Crippen LogP contribution is 2.15. The van der Waals surface area contributed by atoms with Gasteiger partial charge in [0.2, 0.25) is 15.9 Å². The molecule has 1 saturated heterocycles. The van der Waals surface area contributed by atoms with Crippen LogP contribution in [0.3, 0.4) is 0 Å². The Balaban J connectivity index is 1.43. The van der Waals surface area contributed by atoms with Gasteiger partial charge in [-0.2, -0.15) is 0 Å². The molecule has 1 fully saturated rings. The van der Waals surface area contributed by atoms with Gasteiger partial charge in [-0.15, -0.1) is 0 Å². The number of rotatable bonds is 9. The SMILES string of the molecule is O=C(CCNS(=O)(=O)c1cccc(Cl)c1)NCc1cccc(CN2CCOCC2)c1. The number of carbonyl (C=O) groups excluding carboxylic acids is 1. The van der Waals surface area contributed by atoms with E-state index in [0.29, 0.717) is 11.6 Å². The Morgan fingerprint density at radius 2 is 1.80 bits per heavy atom. The number of nitrogens with zero attached hydrogens (tertiary/aromatic N) is 1. The molecule has 1 amide bonds. The van der Waals surface area contributed by atoms with Gasteiger partial charge in [0.1, 0.15) is 0 Å². The van der Waals surface area contributed by atoms with Crippen molar-refractivity contribution in [2.24, 2.45) is 0 Å². The summed E-state index contributed by atoms with van der Waals surface area (Å²) in [5, 5.41) is 3.18. The second-order valence-electron chi connectivity index (χ2n) is 7.09. The number of nitrogens with one attached hydrogen (secondary N) is 2. The lowest BCUT2D eigenvalue weighted by Crippen LogP contribution is -2.35. The third kappa shape index (κ3) is 7.07. The highest BCUT2D eigenvalue weighted by Gasteiger charge is 2.15. The smallest absolute Gasteiger partial charge is 0.240 e. The lowest BCUT2D eigenvalue weighted by molar-refractivity contribution is -0.121. The molecule has 0 bridgehead atoms. The number of ether oxygens (including phenoxy) is 1. The first-order valence-corrected chi connectivity index (χ1v) is 11.7. The molecule has 1 heterocycles. The largest absolute Gasteiger partial charge is 0.379 e. The maximum atomic E-state index is 12.2. The molecule has 0 radical (unpaired) electrons. The van der Waals surface area contributed by atoms with Gasteiger partial charge in [-0.05, 0) is 29.3 Å². The molecule has 2 N–H and O–H groups in total. The van der Waals surface area contributed by atoms with Crippen molar-refractivity contribution >= 4 is 27.5 Å². The van der Waals surface area contributed by atoms with E-state index in [1.807, 2.05) is 12.1 Å². The number of morpholine rings is 1. The number of hydrogen-bond acceptors (Lipinski definition) is 5. The molecule has 7 nitrogen and oxygen atoms in total. The van der Waals surface area contributed by atoms with Crippen molar-refractivity contribution in [1.29, 1.82) is 0 Å². The van der Waals surface area contributed by atoms with Crippen LogP contribution in [0.5, 0.6) is 0 Å². The molecule has 0 spiro atoms. The van der Waals surface area contributed by atoms with Gasteiger partial charge < -0.3 is 10.1 Å². The van der Waals surface area contributed by atoms with E-state index in [2.05, 4.69) is 27.1 Å². The monoisotopic (exact) mass is 451 g/mol. The standard InChI is InChI=1S/C21H26ClN3O4S/c22-19-5-2-6-20(14-19)30(27,28)24-8-7-21(26)23-15-17-3-1-4-18(13-17)16-25-9-11-29-12-10-25/h1-6,13-14,24H,7-12,15-16H2,(H,23,26). The van der Waals surface area contributed by atoms with E-state index in [1.54, 1.807) is 12.1 Å². The van der Waals surface area contributed by atoms with Crippen LogP contribution < -0.4 is 10.0 Å². The van der Waals surface area contributed by atoms with Crippen molar-refractivity contribution in [3.05, 3.63) is 64.7 Å². The Labute approximate surface area is 182 Å². The molecule has 2 aromatic rings. The van der Waals surface area contributed by atoms with Crippen LogP contribution in [-0.4, -0.2) is 52.1 Å². The topological polar surface area (TPSA) is 87.7 Å². The molecule has 0 aromatic heterocycles. The molecule has 3 rings (SSSR count). The summed E-state index contributed by atoms with van der Waals surface area (Å²) < 4.78 is 32.3. The molecule has 0 unspecified atom stereocenters. The Kier molecular flexibility index (Phi) is 8.24. The average Bonchev–Trinajstić information content (AvgIpc) is 2.73. The summed E-state index contributed by atoms with van der Waals surface area (Å²) in [4.78, 5) is 14.5. The van der Waals surface area contributed by atoms with Crippen LogP contribution in [0.25, 0.3) is 0 Å². The molecule has 2 aromatic carbocycles. The Bertz CT molecular complexity index is 962. The predicted octanol–water partition coefficient (Wildman–Crippen LogP) is 2.16. The van der Waals surface area contributed by atoms with E-state index in [4.69, 9.17) is 16.3 Å². The van der Waals surface area contributed by atoms with E-state index in [9.17, 15) is 13.2 Å². The first kappa shape index (κ1) is 22.7. The van der Waals surface area contributed by atoms with E-state index >= 15 is 0 Å². The summed E-state index contributed by atoms with van der Waals surface area (Å²) >= 11 is 5.84. The van der Waals surface area contributed by atoms with Crippen molar-refractivity contribution in [3.63, 3.8) is 0 Å². The van der Waals surface area contributed by atoms with Crippen molar-refractivity contribution in [2.45, 2.75) is 24.4 Å². The van der Waals surface area contributed by atoms with Crippen LogP contribution in [0.15, 0.2) is 53.4 Å². The zero-order chi connectivity index (χ0) is 21.4. The first-order valence-electron chi connectivity index (χ1n) is 9.82. The van der Waals surface area contributed by atoms with E-state index in [0.717, 1.165) is 38.4 Å². The number of halogens is 1. The number of hydrogen-bond donors (Lipinski definition) is 2. The van der Waals surface area contributed by atoms with Gasteiger partial charge in [0.15, 0.2) is 0 Å². The molecule has 30 heavy (non-hydrogen) atoms. The highest BCUT2D eigenvalue weighted by molar-refractivity contribution is 7.89. The molecule has 162 valence electrons. The lowest BCUT2D eigenvalue weighted by atomic mass is 10.1. The fourth-order valence-electron chi connectivity index (χ4n) is 3.16. The number of amides is 1. The average molecular weight is 452 g/mol. The van der Waals surface area contributed by atoms with E-state index in [1.165, 1.54) is 17.7 Å². The van der Waals surface area contributed by atoms with E-state index < -0.39 is 10.0 Å². The number of benzene rings is 2. The number of sulfonamides is 1. The fraction of sp³-hybridized carbons (Fsp3) is 0.381. The van der Waals surface area contributed by atoms with Crippen molar-refractivity contribution < 1.29 is 17.9 Å². The minimum Gasteiger partial charge on any atom is -0.379 e. The molecule has 0 atom stereocenters. The molecule has 1 aliphatic heterocycles. The Hall–Kier alpha value is -1.97. The minimum atomic E-state index is -3.69. The minimum absolute atomic E-state index is 0.0117. The second kappa shape index (κ2) is 10.9.